The minimum atomic E-state index is -3.56. The maximum atomic E-state index is 12.3. The molecule has 7 heteroatoms. The Morgan fingerprint density at radius 3 is 2.74 bits per heavy atom. The van der Waals surface area contributed by atoms with Gasteiger partial charge in [0.25, 0.3) is 0 Å². The van der Waals surface area contributed by atoms with E-state index in [1.165, 1.54) is 25.2 Å². The van der Waals surface area contributed by atoms with Crippen LogP contribution in [0.1, 0.15) is 25.7 Å². The van der Waals surface area contributed by atoms with Crippen molar-refractivity contribution in [3.8, 4) is 0 Å². The largest absolute Gasteiger partial charge is 0.323 e. The Balaban J connectivity index is 1.75. The van der Waals surface area contributed by atoms with E-state index in [4.69, 9.17) is 5.84 Å². The second-order valence-electron chi connectivity index (χ2n) is 5.48. The van der Waals surface area contributed by atoms with E-state index in [1.807, 2.05) is 0 Å². The molecule has 6 nitrogen and oxygen atoms in total. The molecule has 1 aromatic rings. The molecule has 2 fully saturated rings. The fraction of sp³-hybridized carbons (Fsp3) is 0.583. The molecule has 2 aliphatic rings. The summed E-state index contributed by atoms with van der Waals surface area (Å²) in [4.78, 5) is 3.95. The van der Waals surface area contributed by atoms with E-state index in [9.17, 15) is 8.42 Å². The van der Waals surface area contributed by atoms with Crippen molar-refractivity contribution < 1.29 is 8.42 Å². The third-order valence-electron chi connectivity index (χ3n) is 4.18. The summed E-state index contributed by atoms with van der Waals surface area (Å²) in [6.45, 7) is 0.527. The third-order valence-corrected chi connectivity index (χ3v) is 5.61. The summed E-state index contributed by atoms with van der Waals surface area (Å²) in [6.07, 6.45) is 7.56. The van der Waals surface area contributed by atoms with Crippen molar-refractivity contribution >= 4 is 15.7 Å². The molecule has 2 saturated carbocycles. The Labute approximate surface area is 112 Å². The highest BCUT2D eigenvalue weighted by atomic mass is 32.2. The maximum absolute atomic E-state index is 12.3. The third kappa shape index (κ3) is 2.45. The highest BCUT2D eigenvalue weighted by molar-refractivity contribution is 7.89. The zero-order valence-corrected chi connectivity index (χ0v) is 11.4. The second-order valence-corrected chi connectivity index (χ2v) is 7.21. The van der Waals surface area contributed by atoms with Crippen LogP contribution in [0.2, 0.25) is 0 Å². The first-order chi connectivity index (χ1) is 9.07. The van der Waals surface area contributed by atoms with Crippen LogP contribution in [0.5, 0.6) is 0 Å². The molecule has 0 atom stereocenters. The molecule has 0 bridgehead atoms. The number of hydrazine groups is 1. The SMILES string of the molecule is NNc1ccncc1S(=O)(=O)NCC1(C2CC2)CC1. The summed E-state index contributed by atoms with van der Waals surface area (Å²) in [7, 11) is -3.56. The van der Waals surface area contributed by atoms with E-state index in [0.29, 0.717) is 12.2 Å². The van der Waals surface area contributed by atoms with Gasteiger partial charge in [0, 0.05) is 18.9 Å². The average molecular weight is 282 g/mol. The maximum Gasteiger partial charge on any atom is 0.244 e. The molecule has 0 saturated heterocycles. The summed E-state index contributed by atoms with van der Waals surface area (Å²) < 4.78 is 27.3. The van der Waals surface area contributed by atoms with Crippen LogP contribution >= 0.6 is 0 Å². The van der Waals surface area contributed by atoms with Gasteiger partial charge in [0.1, 0.15) is 4.90 Å². The lowest BCUT2D eigenvalue weighted by atomic mass is 10.0. The van der Waals surface area contributed by atoms with E-state index in [-0.39, 0.29) is 10.3 Å². The van der Waals surface area contributed by atoms with Gasteiger partial charge in [-0.05, 0) is 43.1 Å². The minimum absolute atomic E-state index is 0.101. The number of pyridine rings is 1. The molecular weight excluding hydrogens is 264 g/mol. The number of nitrogen functional groups attached to an aromatic ring is 1. The number of hydrogen-bond donors (Lipinski definition) is 3. The van der Waals surface area contributed by atoms with Crippen molar-refractivity contribution in [1.82, 2.24) is 9.71 Å². The van der Waals surface area contributed by atoms with Crippen molar-refractivity contribution in [3.63, 3.8) is 0 Å². The van der Waals surface area contributed by atoms with Gasteiger partial charge in [-0.25, -0.2) is 13.1 Å². The van der Waals surface area contributed by atoms with Gasteiger partial charge in [0.2, 0.25) is 10.0 Å². The van der Waals surface area contributed by atoms with Gasteiger partial charge in [0.05, 0.1) is 5.69 Å². The van der Waals surface area contributed by atoms with Crippen molar-refractivity contribution in [3.05, 3.63) is 18.5 Å². The monoisotopic (exact) mass is 282 g/mol. The van der Waals surface area contributed by atoms with Crippen LogP contribution in [0.3, 0.4) is 0 Å². The number of nitrogens with zero attached hydrogens (tertiary/aromatic N) is 1. The van der Waals surface area contributed by atoms with Gasteiger partial charge >= 0.3 is 0 Å². The number of sulfonamides is 1. The van der Waals surface area contributed by atoms with Gasteiger partial charge in [0.15, 0.2) is 0 Å². The van der Waals surface area contributed by atoms with Crippen LogP contribution in [0, 0.1) is 11.3 Å². The Kier molecular flexibility index (Phi) is 2.99. The van der Waals surface area contributed by atoms with Crippen LogP contribution in [0.25, 0.3) is 0 Å². The normalized spacial score (nSPS) is 21.1. The predicted octanol–water partition coefficient (Wildman–Crippen LogP) is 0.836. The smallest absolute Gasteiger partial charge is 0.244 e. The molecular formula is C12H18N4O2S. The first-order valence-corrected chi connectivity index (χ1v) is 7.96. The number of nitrogens with two attached hydrogens (primary N) is 1. The average Bonchev–Trinajstić information content (AvgIpc) is 3.28. The highest BCUT2D eigenvalue weighted by Gasteiger charge is 2.53. The first kappa shape index (κ1) is 12.8. The number of nitrogens with one attached hydrogen (secondary N) is 2. The van der Waals surface area contributed by atoms with Crippen LogP contribution in [-0.2, 0) is 10.0 Å². The lowest BCUT2D eigenvalue weighted by Crippen LogP contribution is -2.32. The van der Waals surface area contributed by atoms with E-state index in [2.05, 4.69) is 15.1 Å². The van der Waals surface area contributed by atoms with Gasteiger partial charge < -0.3 is 5.43 Å². The molecule has 104 valence electrons. The molecule has 0 spiro atoms. The van der Waals surface area contributed by atoms with E-state index in [1.54, 1.807) is 6.07 Å². The molecule has 0 unspecified atom stereocenters. The number of anilines is 1. The van der Waals surface area contributed by atoms with Crippen molar-refractivity contribution in [2.24, 2.45) is 17.2 Å². The Morgan fingerprint density at radius 2 is 2.16 bits per heavy atom. The van der Waals surface area contributed by atoms with Crippen molar-refractivity contribution in [2.75, 3.05) is 12.0 Å². The van der Waals surface area contributed by atoms with Gasteiger partial charge in [-0.15, -0.1) is 0 Å². The molecule has 0 radical (unpaired) electrons. The van der Waals surface area contributed by atoms with Crippen molar-refractivity contribution in [1.29, 1.82) is 0 Å². The lowest BCUT2D eigenvalue weighted by Gasteiger charge is -2.16. The Hall–Kier alpha value is -1.18. The number of aromatic nitrogens is 1. The fourth-order valence-electron chi connectivity index (χ4n) is 2.62. The van der Waals surface area contributed by atoms with E-state index < -0.39 is 10.0 Å². The molecule has 3 rings (SSSR count). The van der Waals surface area contributed by atoms with Crippen LogP contribution in [0.15, 0.2) is 23.4 Å². The number of hydrogen-bond acceptors (Lipinski definition) is 5. The van der Waals surface area contributed by atoms with Crippen LogP contribution < -0.4 is 16.0 Å². The molecule has 1 heterocycles. The molecule has 1 aromatic heterocycles. The molecule has 2 aliphatic carbocycles. The molecule has 0 aromatic carbocycles. The van der Waals surface area contributed by atoms with Crippen molar-refractivity contribution in [2.45, 2.75) is 30.6 Å². The number of rotatable bonds is 6. The minimum Gasteiger partial charge on any atom is -0.323 e. The molecule has 19 heavy (non-hydrogen) atoms. The zero-order chi connectivity index (χ0) is 13.5. The zero-order valence-electron chi connectivity index (χ0n) is 10.6. The predicted molar refractivity (Wildman–Crippen MR) is 71.6 cm³/mol. The quantitative estimate of drug-likeness (QED) is 0.530. The Bertz CT molecular complexity index is 579. The van der Waals surface area contributed by atoms with Gasteiger partial charge in [-0.2, -0.15) is 0 Å². The van der Waals surface area contributed by atoms with E-state index in [0.717, 1.165) is 18.8 Å². The van der Waals surface area contributed by atoms with Crippen LogP contribution in [0.4, 0.5) is 5.69 Å². The summed E-state index contributed by atoms with van der Waals surface area (Å²) >= 11 is 0. The first-order valence-electron chi connectivity index (χ1n) is 6.48. The lowest BCUT2D eigenvalue weighted by molar-refractivity contribution is 0.432. The molecule has 4 N–H and O–H groups in total. The van der Waals surface area contributed by atoms with E-state index >= 15 is 0 Å². The van der Waals surface area contributed by atoms with Crippen LogP contribution in [-0.4, -0.2) is 19.9 Å². The summed E-state index contributed by atoms with van der Waals surface area (Å²) in [5.41, 5.74) is 2.98. The summed E-state index contributed by atoms with van der Waals surface area (Å²) in [5, 5.41) is 0. The summed E-state index contributed by atoms with van der Waals surface area (Å²) in [6, 6.07) is 1.54. The van der Waals surface area contributed by atoms with Gasteiger partial charge in [-0.1, -0.05) is 0 Å². The standard InChI is InChI=1S/C12H18N4O2S/c13-16-10-3-6-14-7-11(10)19(17,18)15-8-12(4-5-12)9-1-2-9/h3,6-7,9,15H,1-2,4-5,8,13H2,(H,14,16). The molecule has 0 amide bonds. The second kappa shape index (κ2) is 4.43. The Morgan fingerprint density at radius 1 is 1.42 bits per heavy atom. The fourth-order valence-corrected chi connectivity index (χ4v) is 3.86. The summed E-state index contributed by atoms with van der Waals surface area (Å²) in [5.74, 6) is 6.05. The van der Waals surface area contributed by atoms with Gasteiger partial charge in [-0.3, -0.25) is 10.8 Å². The topological polar surface area (TPSA) is 97.1 Å². The molecule has 0 aliphatic heterocycles. The highest BCUT2D eigenvalue weighted by Crippen LogP contribution is 2.60.